The van der Waals surface area contributed by atoms with Gasteiger partial charge in [-0.25, -0.2) is 0 Å². The Morgan fingerprint density at radius 1 is 0.600 bits per heavy atom. The van der Waals surface area contributed by atoms with E-state index in [1.165, 1.54) is 27.6 Å². The predicted octanol–water partition coefficient (Wildman–Crippen LogP) is 12.0. The summed E-state index contributed by atoms with van der Waals surface area (Å²) in [6, 6.07) is 32.3. The second-order valence-corrected chi connectivity index (χ2v) is 14.2. The van der Waals surface area contributed by atoms with Crippen LogP contribution in [-0.4, -0.2) is 19.8 Å². The number of fused-ring (bicyclic) bond motifs is 8. The van der Waals surface area contributed by atoms with Crippen molar-refractivity contribution >= 4 is 16.8 Å². The molecular formula is C46H50O4. The van der Waals surface area contributed by atoms with Crippen LogP contribution in [-0.2, 0) is 11.0 Å². The van der Waals surface area contributed by atoms with Crippen LogP contribution in [0.3, 0.4) is 0 Å². The smallest absolute Gasteiger partial charge is 0.178 e. The van der Waals surface area contributed by atoms with Gasteiger partial charge in [0.15, 0.2) is 5.60 Å². The monoisotopic (exact) mass is 666 g/mol. The molecule has 0 radical (unpaired) electrons. The highest BCUT2D eigenvalue weighted by Gasteiger charge is 2.44. The Morgan fingerprint density at radius 2 is 1.12 bits per heavy atom. The van der Waals surface area contributed by atoms with Crippen molar-refractivity contribution in [2.45, 2.75) is 84.2 Å². The minimum atomic E-state index is -0.865. The minimum Gasteiger partial charge on any atom is -0.494 e. The lowest BCUT2D eigenvalue weighted by Crippen LogP contribution is -2.34. The van der Waals surface area contributed by atoms with Gasteiger partial charge in [-0.15, -0.1) is 0 Å². The first kappa shape index (κ1) is 33.8. The van der Waals surface area contributed by atoms with E-state index in [0.29, 0.717) is 13.2 Å². The van der Waals surface area contributed by atoms with Gasteiger partial charge in [0.05, 0.1) is 19.8 Å². The molecule has 0 unspecified atom stereocenters. The third-order valence-corrected chi connectivity index (χ3v) is 10.4. The standard InChI is InChI=1S/C46H50O4/c1-6-9-28-47-34-20-16-32(17-21-34)46(33-18-22-35(23-19-33)48-29-10-7-2)27-26-39-42-40-31-36(49-30-11-8-3)24-25-41(40)45(4,5)43(42)37-14-12-13-15-38(37)44(39)50-46/h12-27,31H,6-11,28-30H2,1-5H3. The molecule has 5 aromatic rings. The molecule has 258 valence electrons. The van der Waals surface area contributed by atoms with Gasteiger partial charge in [-0.1, -0.05) is 108 Å². The molecule has 1 aliphatic carbocycles. The van der Waals surface area contributed by atoms with Gasteiger partial charge in [0, 0.05) is 27.5 Å². The van der Waals surface area contributed by atoms with Crippen molar-refractivity contribution in [1.29, 1.82) is 0 Å². The van der Waals surface area contributed by atoms with E-state index in [-0.39, 0.29) is 5.41 Å². The number of benzene rings is 5. The molecule has 0 N–H and O–H groups in total. The summed E-state index contributed by atoms with van der Waals surface area (Å²) < 4.78 is 25.9. The summed E-state index contributed by atoms with van der Waals surface area (Å²) in [7, 11) is 0. The van der Waals surface area contributed by atoms with Gasteiger partial charge in [-0.05, 0) is 95.5 Å². The second-order valence-electron chi connectivity index (χ2n) is 14.2. The van der Waals surface area contributed by atoms with E-state index in [1.54, 1.807) is 0 Å². The average Bonchev–Trinajstić information content (AvgIpc) is 3.38. The molecule has 0 saturated carbocycles. The SMILES string of the molecule is CCCCOc1ccc(C2(c3ccc(OCCCC)cc3)C=Cc3c4c(c5ccccc5c3O2)C(C)(C)c2ccc(OCCCC)cc2-4)cc1. The summed E-state index contributed by atoms with van der Waals surface area (Å²) in [6.07, 6.45) is 11.0. The molecule has 0 amide bonds. The highest BCUT2D eigenvalue weighted by molar-refractivity contribution is 6.06. The summed E-state index contributed by atoms with van der Waals surface area (Å²) in [6.45, 7) is 13.4. The Morgan fingerprint density at radius 3 is 1.68 bits per heavy atom. The minimum absolute atomic E-state index is 0.190. The van der Waals surface area contributed by atoms with Crippen molar-refractivity contribution in [1.82, 2.24) is 0 Å². The average molecular weight is 667 g/mol. The number of unbranched alkanes of at least 4 members (excludes halogenated alkanes) is 3. The van der Waals surface area contributed by atoms with Crippen molar-refractivity contribution in [3.8, 4) is 34.1 Å². The zero-order valence-electron chi connectivity index (χ0n) is 30.3. The van der Waals surface area contributed by atoms with Crippen LogP contribution in [0.15, 0.2) is 97.1 Å². The van der Waals surface area contributed by atoms with Gasteiger partial charge in [-0.3, -0.25) is 0 Å². The molecule has 2 aliphatic rings. The number of ether oxygens (including phenoxy) is 4. The summed E-state index contributed by atoms with van der Waals surface area (Å²) in [5.41, 5.74) is 7.27. The number of hydrogen-bond acceptors (Lipinski definition) is 4. The molecule has 0 bridgehead atoms. The van der Waals surface area contributed by atoms with Crippen molar-refractivity contribution < 1.29 is 18.9 Å². The van der Waals surface area contributed by atoms with Crippen LogP contribution in [0.25, 0.3) is 28.0 Å². The van der Waals surface area contributed by atoms with Crippen LogP contribution in [0, 0.1) is 0 Å². The van der Waals surface area contributed by atoms with Crippen LogP contribution in [0.2, 0.25) is 0 Å². The predicted molar refractivity (Wildman–Crippen MR) is 206 cm³/mol. The Bertz CT molecular complexity index is 1930. The molecule has 0 aromatic heterocycles. The van der Waals surface area contributed by atoms with Gasteiger partial charge >= 0.3 is 0 Å². The van der Waals surface area contributed by atoms with Crippen LogP contribution in [0.1, 0.15) is 101 Å². The fraction of sp³-hybridized carbons (Fsp3) is 0.348. The first-order valence-electron chi connectivity index (χ1n) is 18.6. The van der Waals surface area contributed by atoms with Crippen LogP contribution < -0.4 is 18.9 Å². The molecule has 0 spiro atoms. The molecule has 1 heterocycles. The first-order valence-corrected chi connectivity index (χ1v) is 18.6. The number of rotatable bonds is 14. The maximum absolute atomic E-state index is 7.50. The van der Waals surface area contributed by atoms with Gasteiger partial charge in [0.25, 0.3) is 0 Å². The van der Waals surface area contributed by atoms with Crippen LogP contribution in [0.4, 0.5) is 0 Å². The van der Waals surface area contributed by atoms with E-state index in [4.69, 9.17) is 18.9 Å². The Labute approximate surface area is 298 Å². The van der Waals surface area contributed by atoms with Crippen LogP contribution >= 0.6 is 0 Å². The third kappa shape index (κ3) is 6.04. The van der Waals surface area contributed by atoms with E-state index in [0.717, 1.165) is 90.2 Å². The Hall–Kier alpha value is -4.70. The molecule has 0 saturated heterocycles. The molecule has 0 fully saturated rings. The van der Waals surface area contributed by atoms with E-state index >= 15 is 0 Å². The molecule has 0 atom stereocenters. The molecule has 5 aromatic carbocycles. The van der Waals surface area contributed by atoms with Gasteiger partial charge < -0.3 is 18.9 Å². The Balaban J connectivity index is 1.39. The molecule has 1 aliphatic heterocycles. The lowest BCUT2D eigenvalue weighted by Gasteiger charge is -2.38. The topological polar surface area (TPSA) is 36.9 Å². The van der Waals surface area contributed by atoms with Crippen molar-refractivity contribution in [3.05, 3.63) is 125 Å². The van der Waals surface area contributed by atoms with Crippen molar-refractivity contribution in [2.24, 2.45) is 0 Å². The maximum Gasteiger partial charge on any atom is 0.178 e. The summed E-state index contributed by atoms with van der Waals surface area (Å²) in [5.74, 6) is 3.56. The van der Waals surface area contributed by atoms with E-state index in [9.17, 15) is 0 Å². The van der Waals surface area contributed by atoms with E-state index in [2.05, 4.69) is 138 Å². The zero-order valence-corrected chi connectivity index (χ0v) is 30.3. The normalized spacial score (nSPS) is 14.8. The molecule has 7 rings (SSSR count). The largest absolute Gasteiger partial charge is 0.494 e. The lowest BCUT2D eigenvalue weighted by molar-refractivity contribution is 0.163. The first-order chi connectivity index (χ1) is 24.4. The molecule has 4 heteroatoms. The lowest BCUT2D eigenvalue weighted by atomic mass is 9.78. The fourth-order valence-electron chi connectivity index (χ4n) is 7.60. The van der Waals surface area contributed by atoms with Crippen molar-refractivity contribution in [3.63, 3.8) is 0 Å². The van der Waals surface area contributed by atoms with E-state index in [1.807, 2.05) is 0 Å². The van der Waals surface area contributed by atoms with Gasteiger partial charge in [-0.2, -0.15) is 0 Å². The highest BCUT2D eigenvalue weighted by Crippen LogP contribution is 2.58. The van der Waals surface area contributed by atoms with E-state index < -0.39 is 5.60 Å². The Kier molecular flexibility index (Phi) is 9.64. The second kappa shape index (κ2) is 14.3. The van der Waals surface area contributed by atoms with Gasteiger partial charge in [0.2, 0.25) is 0 Å². The number of hydrogen-bond donors (Lipinski definition) is 0. The summed E-state index contributed by atoms with van der Waals surface area (Å²) in [5, 5.41) is 2.34. The zero-order chi connectivity index (χ0) is 34.7. The quantitative estimate of drug-likeness (QED) is 0.111. The van der Waals surface area contributed by atoms with Crippen LogP contribution in [0.5, 0.6) is 23.0 Å². The fourth-order valence-corrected chi connectivity index (χ4v) is 7.60. The van der Waals surface area contributed by atoms with Crippen molar-refractivity contribution in [2.75, 3.05) is 19.8 Å². The maximum atomic E-state index is 7.50. The summed E-state index contributed by atoms with van der Waals surface area (Å²) in [4.78, 5) is 0. The third-order valence-electron chi connectivity index (χ3n) is 10.4. The molecule has 4 nitrogen and oxygen atoms in total. The highest BCUT2D eigenvalue weighted by atomic mass is 16.5. The van der Waals surface area contributed by atoms with Gasteiger partial charge in [0.1, 0.15) is 23.0 Å². The molecular weight excluding hydrogens is 617 g/mol. The molecule has 50 heavy (non-hydrogen) atoms. The summed E-state index contributed by atoms with van der Waals surface area (Å²) >= 11 is 0.